The van der Waals surface area contributed by atoms with Crippen LogP contribution in [0.5, 0.6) is 0 Å². The Morgan fingerprint density at radius 1 is 1.36 bits per heavy atom. The van der Waals surface area contributed by atoms with Gasteiger partial charge in [0.2, 0.25) is 0 Å². The van der Waals surface area contributed by atoms with Gasteiger partial charge in [0.1, 0.15) is 0 Å². The quantitative estimate of drug-likeness (QED) is 0.403. The van der Waals surface area contributed by atoms with Gasteiger partial charge in [-0.25, -0.2) is 0 Å². The fourth-order valence-corrected chi connectivity index (χ4v) is 2.24. The molecule has 1 heterocycles. The van der Waals surface area contributed by atoms with E-state index in [9.17, 15) is 0 Å². The summed E-state index contributed by atoms with van der Waals surface area (Å²) in [6, 6.07) is 0. The highest BCUT2D eigenvalue weighted by atomic mass is 35.5. The summed E-state index contributed by atoms with van der Waals surface area (Å²) >= 11 is 5.99. The van der Waals surface area contributed by atoms with Crippen LogP contribution >= 0.6 is 11.6 Å². The highest BCUT2D eigenvalue weighted by molar-refractivity contribution is 6.21. The SMILES string of the molecule is ClC1C=CC2OCCCC2C1. The van der Waals surface area contributed by atoms with Crippen LogP contribution in [-0.4, -0.2) is 18.1 Å². The number of rotatable bonds is 0. The molecule has 1 fully saturated rings. The zero-order chi connectivity index (χ0) is 7.68. The van der Waals surface area contributed by atoms with Gasteiger partial charge in [-0.15, -0.1) is 11.6 Å². The van der Waals surface area contributed by atoms with Gasteiger partial charge in [0.15, 0.2) is 0 Å². The molecule has 11 heavy (non-hydrogen) atoms. The molecular weight excluding hydrogens is 160 g/mol. The van der Waals surface area contributed by atoms with E-state index in [-0.39, 0.29) is 5.38 Å². The Morgan fingerprint density at radius 2 is 2.27 bits per heavy atom. The summed E-state index contributed by atoms with van der Waals surface area (Å²) in [5, 5.41) is 0.248. The van der Waals surface area contributed by atoms with Gasteiger partial charge in [-0.3, -0.25) is 0 Å². The Kier molecular flexibility index (Phi) is 2.19. The van der Waals surface area contributed by atoms with E-state index in [2.05, 4.69) is 12.2 Å². The van der Waals surface area contributed by atoms with Crippen LogP contribution in [0.2, 0.25) is 0 Å². The normalized spacial score (nSPS) is 43.5. The fraction of sp³-hybridized carbons (Fsp3) is 0.778. The first-order valence-electron chi connectivity index (χ1n) is 4.30. The highest BCUT2D eigenvalue weighted by Crippen LogP contribution is 2.31. The Labute approximate surface area is 72.4 Å². The Bertz CT molecular complexity index is 167. The van der Waals surface area contributed by atoms with E-state index in [4.69, 9.17) is 16.3 Å². The van der Waals surface area contributed by atoms with Gasteiger partial charge < -0.3 is 4.74 Å². The highest BCUT2D eigenvalue weighted by Gasteiger charge is 2.28. The molecule has 3 unspecified atom stereocenters. The minimum absolute atomic E-state index is 0.248. The van der Waals surface area contributed by atoms with E-state index in [0.29, 0.717) is 12.0 Å². The van der Waals surface area contributed by atoms with E-state index in [1.165, 1.54) is 12.8 Å². The van der Waals surface area contributed by atoms with Crippen molar-refractivity contribution in [1.82, 2.24) is 0 Å². The number of halogens is 1. The second kappa shape index (κ2) is 3.16. The molecular formula is C9H13ClO. The van der Waals surface area contributed by atoms with Crippen LogP contribution in [0.1, 0.15) is 19.3 Å². The van der Waals surface area contributed by atoms with Crippen molar-refractivity contribution >= 4 is 11.6 Å². The molecule has 0 aromatic rings. The average molecular weight is 173 g/mol. The van der Waals surface area contributed by atoms with E-state index < -0.39 is 0 Å². The Balaban J connectivity index is 2.05. The lowest BCUT2D eigenvalue weighted by atomic mass is 9.86. The van der Waals surface area contributed by atoms with Crippen LogP contribution in [-0.2, 0) is 4.74 Å². The predicted molar refractivity (Wildman–Crippen MR) is 45.9 cm³/mol. The topological polar surface area (TPSA) is 9.23 Å². The van der Waals surface area contributed by atoms with Crippen LogP contribution in [0, 0.1) is 5.92 Å². The predicted octanol–water partition coefficient (Wildman–Crippen LogP) is 2.35. The Hall–Kier alpha value is -0.0100. The number of allylic oxidation sites excluding steroid dienone is 1. The molecule has 2 heteroatoms. The fourth-order valence-electron chi connectivity index (χ4n) is 1.93. The van der Waals surface area contributed by atoms with Crippen LogP contribution < -0.4 is 0 Å². The molecule has 1 saturated heterocycles. The van der Waals surface area contributed by atoms with Crippen molar-refractivity contribution in [1.29, 1.82) is 0 Å². The molecule has 0 amide bonds. The minimum Gasteiger partial charge on any atom is -0.374 e. The molecule has 0 N–H and O–H groups in total. The first-order valence-corrected chi connectivity index (χ1v) is 4.74. The van der Waals surface area contributed by atoms with Gasteiger partial charge in [-0.1, -0.05) is 12.2 Å². The summed E-state index contributed by atoms with van der Waals surface area (Å²) in [4.78, 5) is 0. The number of ether oxygens (including phenoxy) is 1. The average Bonchev–Trinajstić information content (AvgIpc) is 2.04. The number of hydrogen-bond donors (Lipinski definition) is 0. The van der Waals surface area contributed by atoms with Crippen LogP contribution in [0.15, 0.2) is 12.2 Å². The van der Waals surface area contributed by atoms with E-state index in [0.717, 1.165) is 13.0 Å². The lowest BCUT2D eigenvalue weighted by molar-refractivity contribution is -0.00204. The molecule has 0 saturated carbocycles. The summed E-state index contributed by atoms with van der Waals surface area (Å²) in [5.41, 5.74) is 0. The van der Waals surface area contributed by atoms with Crippen molar-refractivity contribution in [2.75, 3.05) is 6.61 Å². The lowest BCUT2D eigenvalue weighted by Gasteiger charge is -2.33. The first-order chi connectivity index (χ1) is 5.36. The third kappa shape index (κ3) is 1.60. The van der Waals surface area contributed by atoms with Crippen molar-refractivity contribution in [3.8, 4) is 0 Å². The van der Waals surface area contributed by atoms with Gasteiger partial charge in [-0.2, -0.15) is 0 Å². The maximum atomic E-state index is 5.99. The van der Waals surface area contributed by atoms with Crippen molar-refractivity contribution in [3.63, 3.8) is 0 Å². The van der Waals surface area contributed by atoms with E-state index >= 15 is 0 Å². The molecule has 1 aliphatic heterocycles. The third-order valence-corrected chi connectivity index (χ3v) is 2.86. The first kappa shape index (κ1) is 7.63. The number of alkyl halides is 1. The lowest BCUT2D eigenvalue weighted by Crippen LogP contribution is -2.32. The summed E-state index contributed by atoms with van der Waals surface area (Å²) in [6.07, 6.45) is 8.16. The van der Waals surface area contributed by atoms with Gasteiger partial charge in [-0.05, 0) is 25.2 Å². The van der Waals surface area contributed by atoms with Crippen molar-refractivity contribution in [3.05, 3.63) is 12.2 Å². The summed E-state index contributed by atoms with van der Waals surface area (Å²) < 4.78 is 5.58. The number of hydrogen-bond acceptors (Lipinski definition) is 1. The second-order valence-corrected chi connectivity index (χ2v) is 3.93. The molecule has 0 bridgehead atoms. The van der Waals surface area contributed by atoms with E-state index in [1.54, 1.807) is 0 Å². The van der Waals surface area contributed by atoms with Crippen LogP contribution in [0.3, 0.4) is 0 Å². The molecule has 0 radical (unpaired) electrons. The van der Waals surface area contributed by atoms with E-state index in [1.807, 2.05) is 0 Å². The smallest absolute Gasteiger partial charge is 0.0785 e. The molecule has 3 atom stereocenters. The standard InChI is InChI=1S/C9H13ClO/c10-8-3-4-9-7(6-8)2-1-5-11-9/h3-4,7-9H,1-2,5-6H2. The monoisotopic (exact) mass is 172 g/mol. The molecule has 2 aliphatic rings. The van der Waals surface area contributed by atoms with Gasteiger partial charge in [0.05, 0.1) is 11.5 Å². The molecule has 0 spiro atoms. The minimum atomic E-state index is 0.248. The second-order valence-electron chi connectivity index (χ2n) is 3.37. The van der Waals surface area contributed by atoms with Crippen molar-refractivity contribution in [2.24, 2.45) is 5.92 Å². The molecule has 0 aromatic heterocycles. The van der Waals surface area contributed by atoms with Gasteiger partial charge in [0, 0.05) is 6.61 Å². The third-order valence-electron chi connectivity index (χ3n) is 2.53. The number of fused-ring (bicyclic) bond motifs is 1. The maximum Gasteiger partial charge on any atom is 0.0785 e. The van der Waals surface area contributed by atoms with Gasteiger partial charge in [0.25, 0.3) is 0 Å². The van der Waals surface area contributed by atoms with Crippen LogP contribution in [0.25, 0.3) is 0 Å². The summed E-state index contributed by atoms with van der Waals surface area (Å²) in [6.45, 7) is 0.929. The largest absolute Gasteiger partial charge is 0.374 e. The molecule has 62 valence electrons. The van der Waals surface area contributed by atoms with Gasteiger partial charge >= 0.3 is 0 Å². The van der Waals surface area contributed by atoms with Crippen LogP contribution in [0.4, 0.5) is 0 Å². The summed E-state index contributed by atoms with van der Waals surface area (Å²) in [5.74, 6) is 0.691. The summed E-state index contributed by atoms with van der Waals surface area (Å²) in [7, 11) is 0. The molecule has 1 aliphatic carbocycles. The maximum absolute atomic E-state index is 5.99. The van der Waals surface area contributed by atoms with Crippen molar-refractivity contribution in [2.45, 2.75) is 30.7 Å². The Morgan fingerprint density at radius 3 is 3.18 bits per heavy atom. The zero-order valence-corrected chi connectivity index (χ0v) is 7.26. The zero-order valence-electron chi connectivity index (χ0n) is 6.50. The molecule has 2 rings (SSSR count). The molecule has 0 aromatic carbocycles. The molecule has 1 nitrogen and oxygen atoms in total. The van der Waals surface area contributed by atoms with Crippen molar-refractivity contribution < 1.29 is 4.74 Å².